The molecule has 2 nitrogen and oxygen atoms in total. The fourth-order valence-electron chi connectivity index (χ4n) is 1.95. The van der Waals surface area contributed by atoms with E-state index in [9.17, 15) is 9.00 Å². The summed E-state index contributed by atoms with van der Waals surface area (Å²) < 4.78 is 12.1. The number of allylic oxidation sites excluding steroid dienone is 2. The Hall–Kier alpha value is -2.13. The van der Waals surface area contributed by atoms with E-state index in [0.717, 1.165) is 5.56 Å². The maximum atomic E-state index is 12.3. The highest BCUT2D eigenvalue weighted by molar-refractivity contribution is 8.00. The molecule has 0 bridgehead atoms. The molecule has 2 rings (SSSR count). The molecule has 108 valence electrons. The number of rotatable bonds is 4. The molecule has 0 saturated carbocycles. The minimum atomic E-state index is -2.09. The summed E-state index contributed by atoms with van der Waals surface area (Å²) in [6, 6.07) is 18.6. The lowest BCUT2D eigenvalue weighted by Crippen LogP contribution is -2.03. The highest BCUT2D eigenvalue weighted by atomic mass is 32.2. The van der Waals surface area contributed by atoms with E-state index < -0.39 is 9.52 Å². The van der Waals surface area contributed by atoms with Crippen LogP contribution in [0, 0.1) is 0 Å². The van der Waals surface area contributed by atoms with Crippen LogP contribution >= 0.6 is 0 Å². The largest absolute Gasteiger partial charge is 0.289 e. The van der Waals surface area contributed by atoms with Crippen molar-refractivity contribution in [3.63, 3.8) is 0 Å². The van der Waals surface area contributed by atoms with Gasteiger partial charge in [-0.05, 0) is 32.1 Å². The van der Waals surface area contributed by atoms with Crippen LogP contribution in [0.1, 0.15) is 15.9 Å². The predicted octanol–water partition coefficient (Wildman–Crippen LogP) is 3.30. The molecule has 0 aliphatic heterocycles. The second-order valence-electron chi connectivity index (χ2n) is 5.12. The number of ketones is 1. The van der Waals surface area contributed by atoms with Crippen LogP contribution in [-0.2, 0) is 9.52 Å². The molecular weight excluding hydrogens is 280 g/mol. The first-order chi connectivity index (χ1) is 9.96. The third-order valence-electron chi connectivity index (χ3n) is 2.86. The normalized spacial score (nSPS) is 12.0. The molecule has 0 radical (unpaired) electrons. The summed E-state index contributed by atoms with van der Waals surface area (Å²) in [4.78, 5) is 12.3. The van der Waals surface area contributed by atoms with Gasteiger partial charge in [0, 0.05) is 18.1 Å². The number of carbonyl (C=O) groups excluding carboxylic acids is 1. The second-order valence-corrected chi connectivity index (χ2v) is 7.98. The topological polar surface area (TPSA) is 34.1 Å². The van der Waals surface area contributed by atoms with Gasteiger partial charge >= 0.3 is 0 Å². The molecule has 0 aliphatic rings. The van der Waals surface area contributed by atoms with E-state index in [1.165, 1.54) is 0 Å². The summed E-state index contributed by atoms with van der Waals surface area (Å²) in [6.07, 6.45) is 4.88. The zero-order valence-electron chi connectivity index (χ0n) is 12.2. The monoisotopic (exact) mass is 298 g/mol. The lowest BCUT2D eigenvalue weighted by Gasteiger charge is -2.05. The Morgan fingerprint density at radius 1 is 0.857 bits per heavy atom. The van der Waals surface area contributed by atoms with Gasteiger partial charge in [0.05, 0.1) is 0 Å². The Morgan fingerprint density at radius 3 is 1.81 bits per heavy atom. The average molecular weight is 298 g/mol. The maximum absolute atomic E-state index is 12.3. The highest BCUT2D eigenvalue weighted by Gasteiger charge is 2.06. The van der Waals surface area contributed by atoms with Crippen LogP contribution in [0.15, 0.2) is 66.7 Å². The Morgan fingerprint density at radius 2 is 1.33 bits per heavy atom. The van der Waals surface area contributed by atoms with Gasteiger partial charge in [0.15, 0.2) is 5.78 Å². The third kappa shape index (κ3) is 4.72. The lowest BCUT2D eigenvalue weighted by atomic mass is 10.0. The quantitative estimate of drug-likeness (QED) is 0.493. The summed E-state index contributed by atoms with van der Waals surface area (Å²) in [7, 11) is -2.09. The zero-order valence-corrected chi connectivity index (χ0v) is 13.0. The SMILES string of the molecule is CS(C)(=O)=C/C(=C/C(=O)c1ccccc1)c1ccccc1. The molecule has 0 amide bonds. The maximum Gasteiger partial charge on any atom is 0.186 e. The van der Waals surface area contributed by atoms with E-state index in [2.05, 4.69) is 0 Å². The van der Waals surface area contributed by atoms with E-state index in [-0.39, 0.29) is 5.78 Å². The van der Waals surface area contributed by atoms with Crippen molar-refractivity contribution in [3.05, 3.63) is 77.9 Å². The molecule has 2 aromatic carbocycles. The van der Waals surface area contributed by atoms with Gasteiger partial charge in [0.1, 0.15) is 0 Å². The minimum Gasteiger partial charge on any atom is -0.289 e. The molecule has 0 saturated heterocycles. The molecular formula is C18H18O2S. The summed E-state index contributed by atoms with van der Waals surface area (Å²) in [5.41, 5.74) is 2.20. The molecule has 0 fully saturated rings. The Bertz CT molecular complexity index is 757. The van der Waals surface area contributed by atoms with Crippen molar-refractivity contribution in [2.75, 3.05) is 12.5 Å². The fourth-order valence-corrected chi connectivity index (χ4v) is 2.76. The van der Waals surface area contributed by atoms with Crippen LogP contribution in [0.5, 0.6) is 0 Å². The molecule has 2 aromatic rings. The van der Waals surface area contributed by atoms with Crippen LogP contribution in [0.25, 0.3) is 5.57 Å². The molecule has 0 unspecified atom stereocenters. The van der Waals surface area contributed by atoms with Gasteiger partial charge in [-0.1, -0.05) is 60.7 Å². The second kappa shape index (κ2) is 6.55. The van der Waals surface area contributed by atoms with Crippen LogP contribution in [-0.4, -0.2) is 27.9 Å². The Kier molecular flexibility index (Phi) is 4.76. The molecule has 0 N–H and O–H groups in total. The average Bonchev–Trinajstić information content (AvgIpc) is 2.47. The standard InChI is InChI=1S/C18H18O2S/c1-21(2,20)14-17(15-9-5-3-6-10-15)13-18(19)16-11-7-4-8-12-16/h3-14H,1-2H3/b17-13-. The first kappa shape index (κ1) is 15.3. The van der Waals surface area contributed by atoms with Crippen LogP contribution in [0.2, 0.25) is 0 Å². The number of benzene rings is 2. The van der Waals surface area contributed by atoms with Crippen LogP contribution < -0.4 is 0 Å². The molecule has 0 aromatic heterocycles. The number of hydrogen-bond acceptors (Lipinski definition) is 2. The molecule has 0 heterocycles. The summed E-state index contributed by atoms with van der Waals surface area (Å²) in [6.45, 7) is 0. The van der Waals surface area contributed by atoms with Gasteiger partial charge in [0.25, 0.3) is 0 Å². The Balaban J connectivity index is 2.48. The van der Waals surface area contributed by atoms with E-state index in [0.29, 0.717) is 11.1 Å². The number of carbonyl (C=O) groups is 1. The van der Waals surface area contributed by atoms with Gasteiger partial charge in [-0.2, -0.15) is 0 Å². The van der Waals surface area contributed by atoms with E-state index in [1.54, 1.807) is 36.1 Å². The molecule has 0 spiro atoms. The van der Waals surface area contributed by atoms with Crippen molar-refractivity contribution >= 4 is 26.2 Å². The predicted molar refractivity (Wildman–Crippen MR) is 91.2 cm³/mol. The summed E-state index contributed by atoms with van der Waals surface area (Å²) >= 11 is 0. The van der Waals surface area contributed by atoms with E-state index >= 15 is 0 Å². The fraction of sp³-hybridized carbons (Fsp3) is 0.111. The molecule has 0 atom stereocenters. The molecule has 0 aliphatic carbocycles. The Labute approximate surface area is 126 Å². The minimum absolute atomic E-state index is 0.0886. The van der Waals surface area contributed by atoms with Crippen molar-refractivity contribution in [2.24, 2.45) is 0 Å². The zero-order chi connectivity index (χ0) is 15.3. The number of hydrogen-bond donors (Lipinski definition) is 0. The third-order valence-corrected chi connectivity index (χ3v) is 3.68. The molecule has 3 heteroatoms. The van der Waals surface area contributed by atoms with Crippen molar-refractivity contribution in [3.8, 4) is 0 Å². The van der Waals surface area contributed by atoms with E-state index in [1.807, 2.05) is 48.5 Å². The van der Waals surface area contributed by atoms with Gasteiger partial charge in [-0.15, -0.1) is 0 Å². The smallest absolute Gasteiger partial charge is 0.186 e. The highest BCUT2D eigenvalue weighted by Crippen LogP contribution is 2.14. The molecule has 21 heavy (non-hydrogen) atoms. The van der Waals surface area contributed by atoms with Gasteiger partial charge in [0.2, 0.25) is 0 Å². The summed E-state index contributed by atoms with van der Waals surface area (Å²) in [5, 5.41) is 1.67. The first-order valence-electron chi connectivity index (χ1n) is 6.61. The summed E-state index contributed by atoms with van der Waals surface area (Å²) in [5.74, 6) is -0.0886. The van der Waals surface area contributed by atoms with Crippen molar-refractivity contribution < 1.29 is 9.00 Å². The lowest BCUT2D eigenvalue weighted by molar-refractivity contribution is 0.104. The van der Waals surface area contributed by atoms with Gasteiger partial charge < -0.3 is 0 Å². The van der Waals surface area contributed by atoms with Gasteiger partial charge in [-0.3, -0.25) is 9.00 Å². The van der Waals surface area contributed by atoms with E-state index in [4.69, 9.17) is 0 Å². The van der Waals surface area contributed by atoms with Crippen LogP contribution in [0.3, 0.4) is 0 Å². The van der Waals surface area contributed by atoms with Gasteiger partial charge in [-0.25, -0.2) is 0 Å². The van der Waals surface area contributed by atoms with Crippen molar-refractivity contribution in [1.29, 1.82) is 0 Å². The van der Waals surface area contributed by atoms with Crippen LogP contribution in [0.4, 0.5) is 0 Å². The van der Waals surface area contributed by atoms with Crippen molar-refractivity contribution in [2.45, 2.75) is 0 Å². The van der Waals surface area contributed by atoms with Crippen molar-refractivity contribution in [1.82, 2.24) is 0 Å². The first-order valence-corrected chi connectivity index (χ1v) is 9.05.